The molecule has 1 aromatic heterocycles. The molecule has 110 valence electrons. The van der Waals surface area contributed by atoms with Crippen molar-refractivity contribution in [3.63, 3.8) is 0 Å². The van der Waals surface area contributed by atoms with E-state index in [1.54, 1.807) is 13.8 Å². The van der Waals surface area contributed by atoms with Crippen LogP contribution >= 0.6 is 0 Å². The number of rotatable bonds is 6. The Kier molecular flexibility index (Phi) is 4.26. The van der Waals surface area contributed by atoms with Gasteiger partial charge in [-0.25, -0.2) is 0 Å². The molecule has 3 N–H and O–H groups in total. The van der Waals surface area contributed by atoms with E-state index in [4.69, 9.17) is 10.5 Å². The van der Waals surface area contributed by atoms with Crippen LogP contribution in [0.4, 0.5) is 5.69 Å². The van der Waals surface area contributed by atoms with Gasteiger partial charge in [0.05, 0.1) is 17.1 Å². The van der Waals surface area contributed by atoms with Gasteiger partial charge in [-0.2, -0.15) is 5.10 Å². The highest BCUT2D eigenvalue weighted by Crippen LogP contribution is 2.27. The number of anilines is 1. The first-order chi connectivity index (χ1) is 9.47. The Morgan fingerprint density at radius 1 is 1.45 bits per heavy atom. The largest absolute Gasteiger partial charge is 0.454 e. The zero-order valence-corrected chi connectivity index (χ0v) is 11.8. The number of nitrogens with two attached hydrogens (primary N) is 1. The number of esters is 1. The normalized spacial score (nSPS) is 14.1. The number of nitrogen functional groups attached to an aromatic ring is 1. The summed E-state index contributed by atoms with van der Waals surface area (Å²) in [5.41, 5.74) is 7.74. The number of hydrogen-bond donors (Lipinski definition) is 2. The molecule has 0 radical (unpaired) electrons. The van der Waals surface area contributed by atoms with Crippen LogP contribution in [0.25, 0.3) is 0 Å². The molecule has 1 fully saturated rings. The van der Waals surface area contributed by atoms with E-state index in [-0.39, 0.29) is 19.1 Å². The average Bonchev–Trinajstić information content (AvgIpc) is 3.20. The van der Waals surface area contributed by atoms with Crippen molar-refractivity contribution in [3.05, 3.63) is 11.4 Å². The second kappa shape index (κ2) is 5.94. The van der Waals surface area contributed by atoms with E-state index in [2.05, 4.69) is 10.4 Å². The van der Waals surface area contributed by atoms with E-state index in [9.17, 15) is 9.59 Å². The van der Waals surface area contributed by atoms with E-state index < -0.39 is 5.97 Å². The summed E-state index contributed by atoms with van der Waals surface area (Å²) in [7, 11) is 0. The molecule has 1 aliphatic rings. The Morgan fingerprint density at radius 3 is 2.70 bits per heavy atom. The van der Waals surface area contributed by atoms with Crippen LogP contribution in [0.3, 0.4) is 0 Å². The zero-order valence-electron chi connectivity index (χ0n) is 11.8. The van der Waals surface area contributed by atoms with Gasteiger partial charge in [0, 0.05) is 6.54 Å². The van der Waals surface area contributed by atoms with Gasteiger partial charge in [0.2, 0.25) is 0 Å². The van der Waals surface area contributed by atoms with E-state index in [1.165, 1.54) is 17.5 Å². The lowest BCUT2D eigenvalue weighted by Gasteiger charge is -2.07. The Morgan fingerprint density at radius 2 is 2.15 bits per heavy atom. The molecule has 1 heterocycles. The maximum absolute atomic E-state index is 11.6. The summed E-state index contributed by atoms with van der Waals surface area (Å²) in [4.78, 5) is 23.1. The number of nitrogens with one attached hydrogen (secondary N) is 1. The molecule has 2 rings (SSSR count). The summed E-state index contributed by atoms with van der Waals surface area (Å²) in [6.07, 6.45) is 2.33. The maximum Gasteiger partial charge on any atom is 0.328 e. The maximum atomic E-state index is 11.6. The lowest BCUT2D eigenvalue weighted by Crippen LogP contribution is -2.31. The van der Waals surface area contributed by atoms with Gasteiger partial charge in [-0.3, -0.25) is 14.3 Å². The van der Waals surface area contributed by atoms with E-state index >= 15 is 0 Å². The van der Waals surface area contributed by atoms with Crippen molar-refractivity contribution < 1.29 is 14.3 Å². The van der Waals surface area contributed by atoms with Crippen LogP contribution in [0.1, 0.15) is 24.2 Å². The Labute approximate surface area is 117 Å². The van der Waals surface area contributed by atoms with Crippen molar-refractivity contribution in [1.29, 1.82) is 0 Å². The van der Waals surface area contributed by atoms with Crippen molar-refractivity contribution in [2.75, 3.05) is 18.9 Å². The number of hydrogen-bond acceptors (Lipinski definition) is 5. The number of ether oxygens (including phenoxy) is 1. The monoisotopic (exact) mass is 280 g/mol. The molecule has 0 bridgehead atoms. The first-order valence-corrected chi connectivity index (χ1v) is 6.69. The molecular formula is C13H20N4O3. The summed E-state index contributed by atoms with van der Waals surface area (Å²) < 4.78 is 6.39. The number of nitrogens with zero attached hydrogens (tertiary/aromatic N) is 2. The molecule has 7 heteroatoms. The fourth-order valence-corrected chi connectivity index (χ4v) is 1.81. The molecule has 0 spiro atoms. The second-order valence-electron chi connectivity index (χ2n) is 5.15. The van der Waals surface area contributed by atoms with Crippen molar-refractivity contribution in [2.45, 2.75) is 33.2 Å². The molecule has 1 amide bonds. The molecule has 1 saturated carbocycles. The van der Waals surface area contributed by atoms with Crippen LogP contribution < -0.4 is 11.1 Å². The summed E-state index contributed by atoms with van der Waals surface area (Å²) in [5.74, 6) is -0.164. The van der Waals surface area contributed by atoms with Gasteiger partial charge in [-0.15, -0.1) is 0 Å². The number of aromatic nitrogens is 2. The molecule has 0 atom stereocenters. The van der Waals surface area contributed by atoms with Crippen molar-refractivity contribution in [3.8, 4) is 0 Å². The minimum atomic E-state index is -0.503. The highest BCUT2D eigenvalue weighted by Gasteiger charge is 2.21. The lowest BCUT2D eigenvalue weighted by atomic mass is 10.3. The SMILES string of the molecule is Cc1nn(CC(=O)OCC(=O)NCC2CC2)c(C)c1N. The lowest BCUT2D eigenvalue weighted by molar-refractivity contribution is -0.149. The summed E-state index contributed by atoms with van der Waals surface area (Å²) in [6, 6.07) is 0. The van der Waals surface area contributed by atoms with Gasteiger partial charge >= 0.3 is 5.97 Å². The van der Waals surface area contributed by atoms with Crippen LogP contribution in [0.15, 0.2) is 0 Å². The molecule has 0 aliphatic heterocycles. The van der Waals surface area contributed by atoms with E-state index in [1.807, 2.05) is 0 Å². The third kappa shape index (κ3) is 3.72. The molecule has 1 aliphatic carbocycles. The summed E-state index contributed by atoms with van der Waals surface area (Å²) in [5, 5.41) is 6.86. The molecule has 0 unspecified atom stereocenters. The van der Waals surface area contributed by atoms with Crippen molar-refractivity contribution in [2.24, 2.45) is 5.92 Å². The highest BCUT2D eigenvalue weighted by atomic mass is 16.5. The third-order valence-corrected chi connectivity index (χ3v) is 3.37. The predicted octanol–water partition coefficient (Wildman–Crippen LogP) is 0.152. The van der Waals surface area contributed by atoms with E-state index in [0.717, 1.165) is 5.69 Å². The van der Waals surface area contributed by atoms with E-state index in [0.29, 0.717) is 23.8 Å². The van der Waals surface area contributed by atoms with Gasteiger partial charge in [-0.1, -0.05) is 0 Å². The van der Waals surface area contributed by atoms with Gasteiger partial charge in [-0.05, 0) is 32.6 Å². The number of amides is 1. The number of aryl methyl sites for hydroxylation is 1. The summed E-state index contributed by atoms with van der Waals surface area (Å²) in [6.45, 7) is 3.94. The quantitative estimate of drug-likeness (QED) is 0.723. The summed E-state index contributed by atoms with van der Waals surface area (Å²) >= 11 is 0. The number of carbonyl (C=O) groups is 2. The van der Waals surface area contributed by atoms with Gasteiger partial charge in [0.15, 0.2) is 6.61 Å². The second-order valence-corrected chi connectivity index (χ2v) is 5.15. The Balaban J connectivity index is 1.74. The van der Waals surface area contributed by atoms with Crippen LogP contribution in [0.5, 0.6) is 0 Å². The van der Waals surface area contributed by atoms with Crippen LogP contribution in [-0.2, 0) is 20.9 Å². The first kappa shape index (κ1) is 14.4. The fraction of sp³-hybridized carbons (Fsp3) is 0.615. The third-order valence-electron chi connectivity index (χ3n) is 3.37. The molecule has 0 aromatic carbocycles. The topological polar surface area (TPSA) is 99.2 Å². The van der Waals surface area contributed by atoms with Crippen molar-refractivity contribution >= 4 is 17.6 Å². The number of carbonyl (C=O) groups excluding carboxylic acids is 2. The van der Waals surface area contributed by atoms with Crippen LogP contribution in [0.2, 0.25) is 0 Å². The standard InChI is InChI=1S/C13H20N4O3/c1-8-13(14)9(2)17(16-8)6-12(19)20-7-11(18)15-5-10-3-4-10/h10H,3-7,14H2,1-2H3,(H,15,18). The molecule has 0 saturated heterocycles. The minimum absolute atomic E-state index is 0.0419. The molecule has 20 heavy (non-hydrogen) atoms. The van der Waals surface area contributed by atoms with Gasteiger partial charge in [0.25, 0.3) is 5.91 Å². The average molecular weight is 280 g/mol. The smallest absolute Gasteiger partial charge is 0.328 e. The van der Waals surface area contributed by atoms with Crippen LogP contribution in [-0.4, -0.2) is 34.8 Å². The minimum Gasteiger partial charge on any atom is -0.454 e. The van der Waals surface area contributed by atoms with Crippen molar-refractivity contribution in [1.82, 2.24) is 15.1 Å². The molecular weight excluding hydrogens is 260 g/mol. The Bertz CT molecular complexity index is 520. The highest BCUT2D eigenvalue weighted by molar-refractivity contribution is 5.80. The predicted molar refractivity (Wildman–Crippen MR) is 72.8 cm³/mol. The van der Waals surface area contributed by atoms with Gasteiger partial charge < -0.3 is 15.8 Å². The molecule has 1 aromatic rings. The van der Waals surface area contributed by atoms with Gasteiger partial charge in [0.1, 0.15) is 6.54 Å². The Hall–Kier alpha value is -2.05. The zero-order chi connectivity index (χ0) is 14.7. The first-order valence-electron chi connectivity index (χ1n) is 6.69. The molecule has 7 nitrogen and oxygen atoms in total. The van der Waals surface area contributed by atoms with Crippen LogP contribution in [0, 0.1) is 19.8 Å². The fourth-order valence-electron chi connectivity index (χ4n) is 1.81.